The number of thiophene rings is 1. The Labute approximate surface area is 164 Å². The van der Waals surface area contributed by atoms with Gasteiger partial charge >= 0.3 is 0 Å². The fourth-order valence-electron chi connectivity index (χ4n) is 2.62. The molecule has 7 heteroatoms. The van der Waals surface area contributed by atoms with Gasteiger partial charge in [-0.3, -0.25) is 4.79 Å². The van der Waals surface area contributed by atoms with Crippen LogP contribution in [0.5, 0.6) is 0 Å². The molecule has 136 valence electrons. The first-order valence-electron chi connectivity index (χ1n) is 8.41. The number of nitrogens with zero attached hydrogens (tertiary/aromatic N) is 2. The first-order valence-corrected chi connectivity index (χ1v) is 10.2. The highest BCUT2D eigenvalue weighted by Gasteiger charge is 2.17. The van der Waals surface area contributed by atoms with Crippen molar-refractivity contribution in [3.8, 4) is 21.8 Å². The van der Waals surface area contributed by atoms with Gasteiger partial charge in [0.15, 0.2) is 5.76 Å². The molecule has 3 heterocycles. The molecule has 0 bridgehead atoms. The number of hydrogen-bond donors (Lipinski definition) is 1. The first kappa shape index (κ1) is 17.6. The van der Waals surface area contributed by atoms with Gasteiger partial charge < -0.3 is 9.84 Å². The number of rotatable bonds is 5. The van der Waals surface area contributed by atoms with Crippen LogP contribution in [0, 0.1) is 13.8 Å². The summed E-state index contributed by atoms with van der Waals surface area (Å²) in [6.07, 6.45) is 0. The lowest BCUT2D eigenvalue weighted by atomic mass is 10.1. The highest BCUT2D eigenvalue weighted by Crippen LogP contribution is 2.29. The molecule has 0 saturated carbocycles. The third-order valence-electron chi connectivity index (χ3n) is 4.10. The van der Waals surface area contributed by atoms with Crippen LogP contribution in [-0.2, 0) is 6.54 Å². The largest absolute Gasteiger partial charge is 0.359 e. The summed E-state index contributed by atoms with van der Waals surface area (Å²) in [6, 6.07) is 11.9. The molecule has 0 aliphatic heterocycles. The summed E-state index contributed by atoms with van der Waals surface area (Å²) in [5.41, 5.74) is 4.71. The highest BCUT2D eigenvalue weighted by molar-refractivity contribution is 7.17. The molecule has 4 rings (SSSR count). The van der Waals surface area contributed by atoms with Crippen molar-refractivity contribution >= 4 is 28.6 Å². The van der Waals surface area contributed by atoms with Crippen LogP contribution in [0.2, 0.25) is 0 Å². The van der Waals surface area contributed by atoms with Crippen LogP contribution in [0.15, 0.2) is 51.7 Å². The lowest BCUT2D eigenvalue weighted by molar-refractivity contribution is 0.0950. The summed E-state index contributed by atoms with van der Waals surface area (Å²) in [6.45, 7) is 4.17. The second-order valence-electron chi connectivity index (χ2n) is 6.17. The Morgan fingerprint density at radius 2 is 1.96 bits per heavy atom. The Morgan fingerprint density at radius 1 is 1.15 bits per heavy atom. The van der Waals surface area contributed by atoms with Gasteiger partial charge in [-0.1, -0.05) is 35.0 Å². The number of benzene rings is 1. The van der Waals surface area contributed by atoms with Gasteiger partial charge in [-0.15, -0.1) is 11.3 Å². The minimum absolute atomic E-state index is 0.153. The number of aryl methyl sites for hydroxylation is 2. The molecule has 0 unspecified atom stereocenters. The molecule has 1 N–H and O–H groups in total. The van der Waals surface area contributed by atoms with E-state index in [9.17, 15) is 4.79 Å². The topological polar surface area (TPSA) is 68.0 Å². The van der Waals surface area contributed by atoms with Crippen LogP contribution in [0.1, 0.15) is 26.7 Å². The molecular weight excluding hydrogens is 378 g/mol. The van der Waals surface area contributed by atoms with E-state index >= 15 is 0 Å². The van der Waals surface area contributed by atoms with Gasteiger partial charge in [0.1, 0.15) is 15.6 Å². The molecule has 0 atom stereocenters. The Hall–Kier alpha value is -2.77. The van der Waals surface area contributed by atoms with Crippen molar-refractivity contribution in [2.75, 3.05) is 0 Å². The van der Waals surface area contributed by atoms with Crippen LogP contribution < -0.4 is 5.32 Å². The molecule has 0 spiro atoms. The molecule has 3 aromatic heterocycles. The van der Waals surface area contributed by atoms with Crippen LogP contribution in [-0.4, -0.2) is 16.0 Å². The van der Waals surface area contributed by atoms with E-state index in [1.54, 1.807) is 11.3 Å². The van der Waals surface area contributed by atoms with E-state index in [2.05, 4.69) is 15.5 Å². The molecule has 4 aromatic rings. The van der Waals surface area contributed by atoms with Gasteiger partial charge in [-0.2, -0.15) is 11.3 Å². The van der Waals surface area contributed by atoms with Gasteiger partial charge in [0.2, 0.25) is 0 Å². The van der Waals surface area contributed by atoms with Crippen molar-refractivity contribution < 1.29 is 9.32 Å². The molecule has 1 aromatic carbocycles. The number of amides is 1. The minimum atomic E-state index is -0.153. The van der Waals surface area contributed by atoms with Gasteiger partial charge in [-0.05, 0) is 25.3 Å². The predicted molar refractivity (Wildman–Crippen MR) is 108 cm³/mol. The lowest BCUT2D eigenvalue weighted by Gasteiger charge is -2.00. The highest BCUT2D eigenvalue weighted by atomic mass is 32.1. The average Bonchev–Trinajstić information content (AvgIpc) is 3.41. The smallest absolute Gasteiger partial charge is 0.263 e. The quantitative estimate of drug-likeness (QED) is 0.512. The second kappa shape index (κ2) is 7.46. The van der Waals surface area contributed by atoms with Gasteiger partial charge in [0, 0.05) is 22.6 Å². The van der Waals surface area contributed by atoms with Crippen molar-refractivity contribution in [1.82, 2.24) is 15.5 Å². The van der Waals surface area contributed by atoms with E-state index in [4.69, 9.17) is 4.52 Å². The first-order chi connectivity index (χ1) is 13.1. The summed E-state index contributed by atoms with van der Waals surface area (Å²) < 4.78 is 5.35. The van der Waals surface area contributed by atoms with Crippen molar-refractivity contribution in [2.24, 2.45) is 0 Å². The van der Waals surface area contributed by atoms with Gasteiger partial charge in [0.25, 0.3) is 5.91 Å². The number of nitrogens with one attached hydrogen (secondary N) is 1. The van der Waals surface area contributed by atoms with E-state index < -0.39 is 0 Å². The van der Waals surface area contributed by atoms with E-state index in [-0.39, 0.29) is 12.5 Å². The van der Waals surface area contributed by atoms with Crippen molar-refractivity contribution in [3.05, 3.63) is 69.1 Å². The number of thiazole rings is 1. The normalized spacial score (nSPS) is 10.9. The third kappa shape index (κ3) is 3.84. The second-order valence-corrected chi connectivity index (χ2v) is 7.95. The van der Waals surface area contributed by atoms with Gasteiger partial charge in [0.05, 0.1) is 12.2 Å². The number of carbonyl (C=O) groups excluding carboxylic acids is 1. The summed E-state index contributed by atoms with van der Waals surface area (Å²) in [5.74, 6) is 0.457. The maximum Gasteiger partial charge on any atom is 0.263 e. The Bertz CT molecular complexity index is 1060. The molecule has 0 aliphatic rings. The van der Waals surface area contributed by atoms with Crippen molar-refractivity contribution in [3.63, 3.8) is 0 Å². The van der Waals surface area contributed by atoms with E-state index in [0.29, 0.717) is 10.6 Å². The zero-order valence-corrected chi connectivity index (χ0v) is 16.5. The van der Waals surface area contributed by atoms with Crippen LogP contribution in [0.3, 0.4) is 0 Å². The Balaban J connectivity index is 1.43. The molecule has 27 heavy (non-hydrogen) atoms. The molecule has 0 fully saturated rings. The summed E-state index contributed by atoms with van der Waals surface area (Å²) >= 11 is 3.01. The fraction of sp³-hybridized carbons (Fsp3) is 0.150. The molecule has 0 saturated heterocycles. The maximum atomic E-state index is 12.5. The molecule has 0 radical (unpaired) electrons. The zero-order chi connectivity index (χ0) is 18.8. The minimum Gasteiger partial charge on any atom is -0.359 e. The van der Waals surface area contributed by atoms with Crippen LogP contribution >= 0.6 is 22.7 Å². The monoisotopic (exact) mass is 395 g/mol. The lowest BCUT2D eigenvalue weighted by Crippen LogP contribution is -2.22. The van der Waals surface area contributed by atoms with E-state index in [1.807, 2.05) is 61.0 Å². The molecule has 5 nitrogen and oxygen atoms in total. The summed E-state index contributed by atoms with van der Waals surface area (Å²) in [7, 11) is 0. The Morgan fingerprint density at radius 3 is 2.70 bits per heavy atom. The van der Waals surface area contributed by atoms with Gasteiger partial charge in [-0.25, -0.2) is 4.98 Å². The maximum absolute atomic E-state index is 12.5. The average molecular weight is 396 g/mol. The van der Waals surface area contributed by atoms with Crippen molar-refractivity contribution in [2.45, 2.75) is 20.4 Å². The number of hydrogen-bond acceptors (Lipinski definition) is 6. The summed E-state index contributed by atoms with van der Waals surface area (Å²) in [4.78, 5) is 17.7. The predicted octanol–water partition coefficient (Wildman–Crippen LogP) is 5.07. The molecule has 0 aliphatic carbocycles. The summed E-state index contributed by atoms with van der Waals surface area (Å²) in [5, 5.41) is 11.9. The SMILES string of the molecule is Cc1ccc(-c2cc(CNC(=O)c3sc(-c4ccsc4)nc3C)on2)cc1. The number of aromatic nitrogens is 2. The fourth-order valence-corrected chi connectivity index (χ4v) is 4.32. The van der Waals surface area contributed by atoms with E-state index in [1.165, 1.54) is 16.9 Å². The molecule has 1 amide bonds. The Kier molecular flexibility index (Phi) is 4.87. The molecular formula is C20H17N3O2S2. The van der Waals surface area contributed by atoms with Crippen LogP contribution in [0.4, 0.5) is 0 Å². The number of carbonyl (C=O) groups is 1. The third-order valence-corrected chi connectivity index (χ3v) is 5.99. The standard InChI is InChI=1S/C20H17N3O2S2/c1-12-3-5-14(6-4-12)17-9-16(25-23-17)10-21-19(24)18-13(2)22-20(27-18)15-7-8-26-11-15/h3-9,11H,10H2,1-2H3,(H,21,24). The van der Waals surface area contributed by atoms with Crippen molar-refractivity contribution in [1.29, 1.82) is 0 Å². The zero-order valence-electron chi connectivity index (χ0n) is 14.9. The van der Waals surface area contributed by atoms with E-state index in [0.717, 1.165) is 27.5 Å². The van der Waals surface area contributed by atoms with Crippen LogP contribution in [0.25, 0.3) is 21.8 Å².